The summed E-state index contributed by atoms with van der Waals surface area (Å²) in [7, 11) is 0. The van der Waals surface area contributed by atoms with Gasteiger partial charge in [-0.2, -0.15) is 0 Å². The fraction of sp³-hybridized carbons (Fsp3) is 0.224. The Morgan fingerprint density at radius 1 is 0.596 bits per heavy atom. The Morgan fingerprint density at radius 3 is 1.72 bits per heavy atom. The lowest BCUT2D eigenvalue weighted by atomic mass is 9.88. The van der Waals surface area contributed by atoms with Gasteiger partial charge in [0.2, 0.25) is 6.86 Å². The van der Waals surface area contributed by atoms with Gasteiger partial charge in [-0.15, -0.1) is 0 Å². The van der Waals surface area contributed by atoms with Crippen LogP contribution in [0.25, 0.3) is 0 Å². The summed E-state index contributed by atoms with van der Waals surface area (Å²) in [6.07, 6.45) is -1.96. The zero-order valence-corrected chi connectivity index (χ0v) is 32.4. The molecule has 1 aliphatic rings. The standard InChI is InChI=1S/C49H46ClFO6/c1-35-46(33-52-29-37-14-6-2-7-15-37)57-48(49(55-32-40-20-12-5-13-21-40)47(35)54-31-39-18-10-4-11-19-39)43-27-41(26-36-22-24-42(25-23-36)56-34-51)44(50)28-45(43)53-30-38-16-8-3-9-17-38/h2-25,27-28,46-49H,1,26,29-34H2/t46-,47+,48+,49-/m1/s1. The van der Waals surface area contributed by atoms with E-state index in [2.05, 4.69) is 6.58 Å². The Balaban J connectivity index is 1.28. The molecule has 0 bridgehead atoms. The molecule has 6 nitrogen and oxygen atoms in total. The molecule has 0 aromatic heterocycles. The molecular formula is C49H46ClFO6. The molecule has 6 aromatic carbocycles. The first kappa shape index (κ1) is 39.9. The van der Waals surface area contributed by atoms with Crippen molar-refractivity contribution in [3.8, 4) is 11.5 Å². The normalized spacial score (nSPS) is 18.0. The fourth-order valence-electron chi connectivity index (χ4n) is 6.88. The average molecular weight is 785 g/mol. The lowest BCUT2D eigenvalue weighted by Gasteiger charge is -2.43. The van der Waals surface area contributed by atoms with Crippen molar-refractivity contribution < 1.29 is 32.8 Å². The predicted octanol–water partition coefficient (Wildman–Crippen LogP) is 11.2. The lowest BCUT2D eigenvalue weighted by molar-refractivity contribution is -0.191. The van der Waals surface area contributed by atoms with E-state index in [4.69, 9.17) is 40.0 Å². The minimum absolute atomic E-state index is 0.245. The largest absolute Gasteiger partial charge is 0.488 e. The van der Waals surface area contributed by atoms with Gasteiger partial charge in [-0.25, -0.2) is 4.39 Å². The molecule has 7 rings (SSSR count). The van der Waals surface area contributed by atoms with Crippen LogP contribution in [0.15, 0.2) is 170 Å². The quantitative estimate of drug-likeness (QED) is 0.0809. The summed E-state index contributed by atoms with van der Waals surface area (Å²) in [6.45, 7) is 5.28. The Bertz CT molecular complexity index is 2130. The van der Waals surface area contributed by atoms with E-state index in [0.717, 1.165) is 44.5 Å². The van der Waals surface area contributed by atoms with Gasteiger partial charge >= 0.3 is 0 Å². The highest BCUT2D eigenvalue weighted by Crippen LogP contribution is 2.44. The molecule has 0 N–H and O–H groups in total. The number of hydrogen-bond acceptors (Lipinski definition) is 6. The highest BCUT2D eigenvalue weighted by Gasteiger charge is 2.45. The van der Waals surface area contributed by atoms with Crippen molar-refractivity contribution in [1.82, 2.24) is 0 Å². The van der Waals surface area contributed by atoms with E-state index in [1.54, 1.807) is 12.1 Å². The molecule has 0 unspecified atom stereocenters. The average Bonchev–Trinajstić information content (AvgIpc) is 3.25. The topological polar surface area (TPSA) is 55.4 Å². The monoisotopic (exact) mass is 784 g/mol. The van der Waals surface area contributed by atoms with Gasteiger partial charge in [0.1, 0.15) is 42.5 Å². The third kappa shape index (κ3) is 11.0. The highest BCUT2D eigenvalue weighted by molar-refractivity contribution is 6.31. The van der Waals surface area contributed by atoms with Crippen LogP contribution >= 0.6 is 11.6 Å². The molecule has 292 valence electrons. The van der Waals surface area contributed by atoms with Crippen LogP contribution in [-0.4, -0.2) is 31.8 Å². The lowest BCUT2D eigenvalue weighted by Crippen LogP contribution is -2.49. The van der Waals surface area contributed by atoms with Gasteiger partial charge in [-0.1, -0.05) is 152 Å². The Morgan fingerprint density at radius 2 is 1.14 bits per heavy atom. The van der Waals surface area contributed by atoms with Crippen LogP contribution in [-0.2, 0) is 51.8 Å². The molecule has 0 saturated carbocycles. The second-order valence-electron chi connectivity index (χ2n) is 13.9. The Hall–Kier alpha value is -5.28. The van der Waals surface area contributed by atoms with E-state index in [-0.39, 0.29) is 6.61 Å². The summed E-state index contributed by atoms with van der Waals surface area (Å²) in [5.41, 5.74) is 7.40. The van der Waals surface area contributed by atoms with Crippen molar-refractivity contribution in [3.63, 3.8) is 0 Å². The third-order valence-electron chi connectivity index (χ3n) is 9.89. The summed E-state index contributed by atoms with van der Waals surface area (Å²) in [5, 5.41) is 0.535. The number of rotatable bonds is 18. The molecule has 8 heteroatoms. The van der Waals surface area contributed by atoms with Gasteiger partial charge in [0.15, 0.2) is 0 Å². The van der Waals surface area contributed by atoms with E-state index in [9.17, 15) is 4.39 Å². The second-order valence-corrected chi connectivity index (χ2v) is 14.3. The van der Waals surface area contributed by atoms with Crippen molar-refractivity contribution in [2.24, 2.45) is 0 Å². The predicted molar refractivity (Wildman–Crippen MR) is 221 cm³/mol. The van der Waals surface area contributed by atoms with E-state index in [1.165, 1.54) is 0 Å². The summed E-state index contributed by atoms with van der Waals surface area (Å²) >= 11 is 7.07. The van der Waals surface area contributed by atoms with Gasteiger partial charge in [0.25, 0.3) is 0 Å². The van der Waals surface area contributed by atoms with E-state index >= 15 is 0 Å². The summed E-state index contributed by atoms with van der Waals surface area (Å²) < 4.78 is 51.6. The number of ether oxygens (including phenoxy) is 6. The van der Waals surface area contributed by atoms with Crippen molar-refractivity contribution in [2.45, 2.75) is 57.3 Å². The fourth-order valence-corrected chi connectivity index (χ4v) is 7.10. The Labute approximate surface area is 339 Å². The number of halogens is 2. The molecule has 1 heterocycles. The zero-order valence-electron chi connectivity index (χ0n) is 31.7. The molecule has 4 atom stereocenters. The Kier molecular flexibility index (Phi) is 14.2. The molecule has 0 amide bonds. The van der Waals surface area contributed by atoms with Gasteiger partial charge in [-0.3, -0.25) is 0 Å². The zero-order chi connectivity index (χ0) is 39.2. The first-order chi connectivity index (χ1) is 28.0. The molecular weight excluding hydrogens is 739 g/mol. The van der Waals surface area contributed by atoms with Crippen molar-refractivity contribution in [2.75, 3.05) is 13.5 Å². The smallest absolute Gasteiger partial charge is 0.228 e. The van der Waals surface area contributed by atoms with Crippen LogP contribution in [0.5, 0.6) is 11.5 Å². The molecule has 57 heavy (non-hydrogen) atoms. The van der Waals surface area contributed by atoms with E-state index in [1.807, 2.05) is 146 Å². The van der Waals surface area contributed by atoms with Gasteiger partial charge in [0, 0.05) is 10.6 Å². The number of hydrogen-bond donors (Lipinski definition) is 0. The molecule has 0 radical (unpaired) electrons. The molecule has 1 aliphatic heterocycles. The second kappa shape index (κ2) is 20.2. The highest BCUT2D eigenvalue weighted by atomic mass is 35.5. The minimum atomic E-state index is -0.894. The summed E-state index contributed by atoms with van der Waals surface area (Å²) in [6, 6.07) is 51.3. The SMILES string of the molecule is C=C1[C@@H](COCc2ccccc2)O[C@@H](c2cc(Cc3ccc(OCF)cc3)c(Cl)cc2OCc2ccccc2)[C@H](OCc2ccccc2)[C@H]1OCc1ccccc1. The van der Waals surface area contributed by atoms with Gasteiger partial charge in [0.05, 0.1) is 26.4 Å². The van der Waals surface area contributed by atoms with Crippen molar-refractivity contribution >= 4 is 11.6 Å². The molecule has 1 saturated heterocycles. The van der Waals surface area contributed by atoms with Crippen molar-refractivity contribution in [3.05, 3.63) is 214 Å². The molecule has 6 aromatic rings. The molecule has 0 spiro atoms. The van der Waals surface area contributed by atoms with E-state index < -0.39 is 31.3 Å². The maximum atomic E-state index is 12.9. The van der Waals surface area contributed by atoms with Crippen LogP contribution in [0.4, 0.5) is 4.39 Å². The van der Waals surface area contributed by atoms with Crippen LogP contribution in [0, 0.1) is 0 Å². The van der Waals surface area contributed by atoms with Crippen molar-refractivity contribution in [1.29, 1.82) is 0 Å². The summed E-state index contributed by atoms with van der Waals surface area (Å²) in [4.78, 5) is 0. The van der Waals surface area contributed by atoms with Gasteiger partial charge < -0.3 is 28.4 Å². The maximum absolute atomic E-state index is 12.9. The van der Waals surface area contributed by atoms with Crippen LogP contribution in [0.3, 0.4) is 0 Å². The first-order valence-electron chi connectivity index (χ1n) is 19.1. The van der Waals surface area contributed by atoms with Gasteiger partial charge in [-0.05, 0) is 69.6 Å². The molecule has 1 fully saturated rings. The maximum Gasteiger partial charge on any atom is 0.228 e. The number of benzene rings is 6. The van der Waals surface area contributed by atoms with Crippen LogP contribution < -0.4 is 9.47 Å². The van der Waals surface area contributed by atoms with Crippen LogP contribution in [0.1, 0.15) is 45.0 Å². The summed E-state index contributed by atoms with van der Waals surface area (Å²) in [5.74, 6) is 1.02. The molecule has 0 aliphatic carbocycles. The third-order valence-corrected chi connectivity index (χ3v) is 10.2. The minimum Gasteiger partial charge on any atom is -0.488 e. The first-order valence-corrected chi connectivity index (χ1v) is 19.5. The number of alkyl halides is 1. The van der Waals surface area contributed by atoms with E-state index in [0.29, 0.717) is 49.4 Å². The van der Waals surface area contributed by atoms with Crippen LogP contribution in [0.2, 0.25) is 5.02 Å².